The summed E-state index contributed by atoms with van der Waals surface area (Å²) in [6.07, 6.45) is 1.42. The van der Waals surface area contributed by atoms with Crippen LogP contribution < -0.4 is 10.6 Å². The predicted octanol–water partition coefficient (Wildman–Crippen LogP) is 4.87. The third-order valence-corrected chi connectivity index (χ3v) is 5.22. The summed E-state index contributed by atoms with van der Waals surface area (Å²) in [5.74, 6) is -0.510. The third kappa shape index (κ3) is 5.30. The van der Waals surface area contributed by atoms with E-state index >= 15 is 0 Å². The summed E-state index contributed by atoms with van der Waals surface area (Å²) in [5, 5.41) is 5.50. The topological polar surface area (TPSA) is 91.7 Å². The van der Waals surface area contributed by atoms with Crippen molar-refractivity contribution in [2.75, 3.05) is 24.7 Å². The van der Waals surface area contributed by atoms with Gasteiger partial charge in [-0.25, -0.2) is 0 Å². The molecular formula is C22H21N3O4S. The van der Waals surface area contributed by atoms with Gasteiger partial charge >= 0.3 is 0 Å². The maximum Gasteiger partial charge on any atom is 0.291 e. The number of nitrogens with one attached hydrogen (secondary N) is 2. The Morgan fingerprint density at radius 2 is 1.67 bits per heavy atom. The average molecular weight is 423 g/mol. The van der Waals surface area contributed by atoms with Gasteiger partial charge in [-0.2, -0.15) is 0 Å². The van der Waals surface area contributed by atoms with Crippen LogP contribution in [0.1, 0.15) is 26.5 Å². The number of nitrogens with zero attached hydrogens (tertiary/aromatic N) is 1. The molecule has 154 valence electrons. The first-order valence-electron chi connectivity index (χ1n) is 9.09. The Labute approximate surface area is 178 Å². The number of benzene rings is 2. The molecule has 0 saturated heterocycles. The van der Waals surface area contributed by atoms with E-state index < -0.39 is 0 Å². The second-order valence-electron chi connectivity index (χ2n) is 6.70. The molecule has 2 aromatic carbocycles. The zero-order valence-electron chi connectivity index (χ0n) is 16.8. The van der Waals surface area contributed by atoms with Crippen LogP contribution >= 0.6 is 11.8 Å². The summed E-state index contributed by atoms with van der Waals surface area (Å²) in [5.41, 5.74) is 2.34. The van der Waals surface area contributed by atoms with E-state index in [4.69, 9.17) is 4.42 Å². The molecule has 0 spiro atoms. The van der Waals surface area contributed by atoms with Gasteiger partial charge in [0.1, 0.15) is 0 Å². The summed E-state index contributed by atoms with van der Waals surface area (Å²) in [6.45, 7) is 1.84. The molecular weight excluding hydrogens is 402 g/mol. The van der Waals surface area contributed by atoms with Crippen LogP contribution in [0.4, 0.5) is 16.2 Å². The van der Waals surface area contributed by atoms with Gasteiger partial charge in [0, 0.05) is 35.9 Å². The summed E-state index contributed by atoms with van der Waals surface area (Å²) in [4.78, 5) is 38.9. The van der Waals surface area contributed by atoms with Gasteiger partial charge in [0.2, 0.25) is 0 Å². The fourth-order valence-corrected chi connectivity index (χ4v) is 3.15. The Kier molecular flexibility index (Phi) is 6.58. The maximum atomic E-state index is 12.6. The van der Waals surface area contributed by atoms with E-state index in [9.17, 15) is 14.4 Å². The number of thioether (sulfide) groups is 1. The minimum atomic E-state index is -0.388. The monoisotopic (exact) mass is 423 g/mol. The Bertz CT molecular complexity index is 1060. The first kappa shape index (κ1) is 21.2. The van der Waals surface area contributed by atoms with Crippen molar-refractivity contribution in [1.29, 1.82) is 0 Å². The normalized spacial score (nSPS) is 10.4. The van der Waals surface area contributed by atoms with Crippen molar-refractivity contribution in [2.24, 2.45) is 0 Å². The molecule has 0 aliphatic carbocycles. The highest BCUT2D eigenvalue weighted by Crippen LogP contribution is 2.23. The van der Waals surface area contributed by atoms with Crippen molar-refractivity contribution >= 4 is 40.2 Å². The van der Waals surface area contributed by atoms with Crippen molar-refractivity contribution in [3.63, 3.8) is 0 Å². The first-order chi connectivity index (χ1) is 14.3. The first-order valence-corrected chi connectivity index (χ1v) is 9.91. The molecule has 0 saturated carbocycles. The average Bonchev–Trinajstić information content (AvgIpc) is 3.26. The summed E-state index contributed by atoms with van der Waals surface area (Å²) in [6, 6.07) is 15.3. The molecule has 8 heteroatoms. The van der Waals surface area contributed by atoms with Crippen molar-refractivity contribution < 1.29 is 18.8 Å². The van der Waals surface area contributed by atoms with Gasteiger partial charge in [0.25, 0.3) is 17.1 Å². The van der Waals surface area contributed by atoms with Gasteiger partial charge in [-0.1, -0.05) is 6.07 Å². The molecule has 0 atom stereocenters. The molecule has 3 aromatic rings. The quantitative estimate of drug-likeness (QED) is 0.572. The van der Waals surface area contributed by atoms with E-state index in [-0.39, 0.29) is 22.8 Å². The number of furan rings is 1. The highest BCUT2D eigenvalue weighted by Gasteiger charge is 2.13. The molecule has 30 heavy (non-hydrogen) atoms. The standard InChI is InChI=1S/C22H21N3O4S/c1-14-6-7-15(13-18(14)24-21(27)19-5-4-12-29-19)20(26)23-16-8-10-17(11-9-16)30-22(28)25(2)3/h4-13H,1-3H3,(H,23,26)(H,24,27). The highest BCUT2D eigenvalue weighted by molar-refractivity contribution is 8.13. The van der Waals surface area contributed by atoms with Crippen LogP contribution in [0.5, 0.6) is 0 Å². The number of rotatable bonds is 5. The second kappa shape index (κ2) is 9.32. The lowest BCUT2D eigenvalue weighted by Crippen LogP contribution is -2.16. The molecule has 0 bridgehead atoms. The summed E-state index contributed by atoms with van der Waals surface area (Å²) in [7, 11) is 3.38. The molecule has 7 nitrogen and oxygen atoms in total. The molecule has 3 amide bonds. The van der Waals surface area contributed by atoms with E-state index in [1.807, 2.05) is 6.92 Å². The zero-order chi connectivity index (χ0) is 21.7. The number of hydrogen-bond acceptors (Lipinski definition) is 5. The number of hydrogen-bond donors (Lipinski definition) is 2. The molecule has 3 rings (SSSR count). The Hall–Kier alpha value is -3.52. The molecule has 0 fully saturated rings. The minimum Gasteiger partial charge on any atom is -0.459 e. The smallest absolute Gasteiger partial charge is 0.291 e. The number of anilines is 2. The van der Waals surface area contributed by atoms with E-state index in [1.54, 1.807) is 68.7 Å². The Morgan fingerprint density at radius 3 is 2.30 bits per heavy atom. The van der Waals surface area contributed by atoms with Gasteiger partial charge in [0.15, 0.2) is 5.76 Å². The number of amides is 3. The van der Waals surface area contributed by atoms with E-state index in [2.05, 4.69) is 10.6 Å². The summed E-state index contributed by atoms with van der Waals surface area (Å²) >= 11 is 1.11. The number of aryl methyl sites for hydroxylation is 1. The second-order valence-corrected chi connectivity index (χ2v) is 7.73. The zero-order valence-corrected chi connectivity index (χ0v) is 17.6. The summed E-state index contributed by atoms with van der Waals surface area (Å²) < 4.78 is 5.09. The van der Waals surface area contributed by atoms with Crippen LogP contribution in [-0.2, 0) is 0 Å². The van der Waals surface area contributed by atoms with E-state index in [0.717, 1.165) is 22.2 Å². The van der Waals surface area contributed by atoms with Crippen LogP contribution in [0.25, 0.3) is 0 Å². The maximum absolute atomic E-state index is 12.6. The van der Waals surface area contributed by atoms with Crippen LogP contribution in [0, 0.1) is 6.92 Å². The Balaban J connectivity index is 1.68. The minimum absolute atomic E-state index is 0.0736. The van der Waals surface area contributed by atoms with Gasteiger partial charge in [0.05, 0.1) is 6.26 Å². The fraction of sp³-hybridized carbons (Fsp3) is 0.136. The van der Waals surface area contributed by atoms with Crippen molar-refractivity contribution in [2.45, 2.75) is 11.8 Å². The van der Waals surface area contributed by atoms with Crippen LogP contribution in [0.15, 0.2) is 70.2 Å². The SMILES string of the molecule is Cc1ccc(C(=O)Nc2ccc(SC(=O)N(C)C)cc2)cc1NC(=O)c1ccco1. The number of carbonyl (C=O) groups is 3. The van der Waals surface area contributed by atoms with E-state index in [0.29, 0.717) is 16.9 Å². The van der Waals surface area contributed by atoms with Crippen LogP contribution in [0.2, 0.25) is 0 Å². The molecule has 1 heterocycles. The molecule has 0 unspecified atom stereocenters. The largest absolute Gasteiger partial charge is 0.459 e. The third-order valence-electron chi connectivity index (χ3n) is 4.18. The van der Waals surface area contributed by atoms with Crippen molar-refractivity contribution in [3.05, 3.63) is 77.7 Å². The fourth-order valence-electron chi connectivity index (χ4n) is 2.49. The lowest BCUT2D eigenvalue weighted by Gasteiger charge is -2.11. The van der Waals surface area contributed by atoms with Gasteiger partial charge < -0.3 is 20.0 Å². The van der Waals surface area contributed by atoms with Gasteiger partial charge in [-0.05, 0) is 72.8 Å². The molecule has 0 aliphatic heterocycles. The molecule has 0 aliphatic rings. The predicted molar refractivity (Wildman–Crippen MR) is 117 cm³/mol. The lowest BCUT2D eigenvalue weighted by molar-refractivity contribution is 0.0993. The van der Waals surface area contributed by atoms with E-state index in [1.165, 1.54) is 11.2 Å². The highest BCUT2D eigenvalue weighted by atomic mass is 32.2. The Morgan fingerprint density at radius 1 is 0.933 bits per heavy atom. The van der Waals surface area contributed by atoms with Crippen LogP contribution in [-0.4, -0.2) is 36.0 Å². The molecule has 2 N–H and O–H groups in total. The molecule has 0 radical (unpaired) electrons. The number of carbonyl (C=O) groups excluding carboxylic acids is 3. The van der Waals surface area contributed by atoms with Gasteiger partial charge in [-0.3, -0.25) is 14.4 Å². The van der Waals surface area contributed by atoms with Crippen LogP contribution in [0.3, 0.4) is 0 Å². The van der Waals surface area contributed by atoms with Gasteiger partial charge in [-0.15, -0.1) is 0 Å². The molecule has 1 aromatic heterocycles. The lowest BCUT2D eigenvalue weighted by atomic mass is 10.1. The van der Waals surface area contributed by atoms with Crippen molar-refractivity contribution in [1.82, 2.24) is 4.90 Å². The van der Waals surface area contributed by atoms with Crippen molar-refractivity contribution in [3.8, 4) is 0 Å².